The minimum absolute atomic E-state index is 0.200. The van der Waals surface area contributed by atoms with Gasteiger partial charge in [0.25, 0.3) is 5.91 Å². The molecular weight excluding hydrogens is 256 g/mol. The highest BCUT2D eigenvalue weighted by atomic mass is 16.5. The Kier molecular flexibility index (Phi) is 3.98. The second kappa shape index (κ2) is 5.69. The molecule has 1 amide bonds. The summed E-state index contributed by atoms with van der Waals surface area (Å²) in [5.74, 6) is 1.82. The van der Waals surface area contributed by atoms with Crippen molar-refractivity contribution in [1.82, 2.24) is 4.90 Å². The highest BCUT2D eigenvalue weighted by Crippen LogP contribution is 2.26. The maximum absolute atomic E-state index is 12.5. The molecule has 2 N–H and O–H groups in total. The zero-order chi connectivity index (χ0) is 14.7. The molecule has 0 saturated carbocycles. The number of benzene rings is 1. The van der Waals surface area contributed by atoms with Crippen molar-refractivity contribution in [2.75, 3.05) is 19.9 Å². The van der Waals surface area contributed by atoms with Gasteiger partial charge in [0, 0.05) is 12.7 Å². The van der Waals surface area contributed by atoms with Crippen LogP contribution in [0.5, 0.6) is 5.75 Å². The Hall–Kier alpha value is -2.43. The van der Waals surface area contributed by atoms with Crippen LogP contribution in [0.4, 0.5) is 5.69 Å². The molecule has 0 unspecified atom stereocenters. The van der Waals surface area contributed by atoms with Crippen LogP contribution in [0.3, 0.4) is 0 Å². The predicted octanol–water partition coefficient (Wildman–Crippen LogP) is 2.45. The molecular formula is C15H18N2O3. The fourth-order valence-electron chi connectivity index (χ4n) is 2.01. The third-order valence-corrected chi connectivity index (χ3v) is 3.03. The quantitative estimate of drug-likeness (QED) is 0.869. The molecule has 2 aromatic rings. The predicted molar refractivity (Wildman–Crippen MR) is 76.6 cm³/mol. The van der Waals surface area contributed by atoms with E-state index < -0.39 is 0 Å². The molecule has 5 nitrogen and oxygen atoms in total. The Balaban J connectivity index is 2.22. The minimum atomic E-state index is -0.200. The first-order valence-electron chi connectivity index (χ1n) is 6.26. The molecule has 0 atom stereocenters. The van der Waals surface area contributed by atoms with E-state index in [1.807, 2.05) is 19.1 Å². The number of methoxy groups -OCH3 is 1. The molecule has 0 radical (unpaired) electrons. The third kappa shape index (κ3) is 2.77. The van der Waals surface area contributed by atoms with Crippen LogP contribution in [0, 0.1) is 6.92 Å². The second-order valence-electron chi connectivity index (χ2n) is 4.60. The van der Waals surface area contributed by atoms with Crippen molar-refractivity contribution in [3.05, 3.63) is 47.4 Å². The van der Waals surface area contributed by atoms with Crippen molar-refractivity contribution in [1.29, 1.82) is 0 Å². The van der Waals surface area contributed by atoms with Crippen molar-refractivity contribution < 1.29 is 13.9 Å². The number of ether oxygens (including phenoxy) is 1. The van der Waals surface area contributed by atoms with E-state index in [0.29, 0.717) is 23.5 Å². The molecule has 5 heteroatoms. The normalized spacial score (nSPS) is 10.3. The number of hydrogen-bond donors (Lipinski definition) is 1. The Bertz CT molecular complexity index is 619. The standard InChI is InChI=1S/C15H18N2O3/c1-10-7-8-11(20-10)9-17(2)15(18)14-12(16)5-4-6-13(14)19-3/h4-8H,9,16H2,1-3H3. The Morgan fingerprint density at radius 1 is 1.35 bits per heavy atom. The summed E-state index contributed by atoms with van der Waals surface area (Å²) in [5, 5.41) is 0. The van der Waals surface area contributed by atoms with Crippen LogP contribution in [0.25, 0.3) is 0 Å². The molecule has 2 rings (SSSR count). The summed E-state index contributed by atoms with van der Waals surface area (Å²) >= 11 is 0. The van der Waals surface area contributed by atoms with Crippen LogP contribution < -0.4 is 10.5 Å². The van der Waals surface area contributed by atoms with E-state index in [1.54, 1.807) is 30.1 Å². The number of aryl methyl sites for hydroxylation is 1. The van der Waals surface area contributed by atoms with E-state index in [-0.39, 0.29) is 5.91 Å². The third-order valence-electron chi connectivity index (χ3n) is 3.03. The van der Waals surface area contributed by atoms with Gasteiger partial charge in [0.15, 0.2) is 0 Å². The lowest BCUT2D eigenvalue weighted by molar-refractivity contribution is 0.0772. The average molecular weight is 274 g/mol. The lowest BCUT2D eigenvalue weighted by Gasteiger charge is -2.18. The fraction of sp³-hybridized carbons (Fsp3) is 0.267. The average Bonchev–Trinajstić information content (AvgIpc) is 2.82. The number of nitrogens with two attached hydrogens (primary N) is 1. The molecule has 106 valence electrons. The fourth-order valence-corrected chi connectivity index (χ4v) is 2.01. The molecule has 0 aliphatic carbocycles. The molecule has 0 aliphatic rings. The van der Waals surface area contributed by atoms with Gasteiger partial charge in [-0.2, -0.15) is 0 Å². The van der Waals surface area contributed by atoms with Crippen molar-refractivity contribution in [2.45, 2.75) is 13.5 Å². The van der Waals surface area contributed by atoms with E-state index >= 15 is 0 Å². The van der Waals surface area contributed by atoms with E-state index in [1.165, 1.54) is 7.11 Å². The van der Waals surface area contributed by atoms with Crippen molar-refractivity contribution in [3.8, 4) is 5.75 Å². The number of amides is 1. The summed E-state index contributed by atoms with van der Waals surface area (Å²) in [6.07, 6.45) is 0. The molecule has 1 aromatic carbocycles. The van der Waals surface area contributed by atoms with Crippen LogP contribution in [0.1, 0.15) is 21.9 Å². The van der Waals surface area contributed by atoms with Crippen LogP contribution in [0.2, 0.25) is 0 Å². The smallest absolute Gasteiger partial charge is 0.259 e. The van der Waals surface area contributed by atoms with Gasteiger partial charge < -0.3 is 19.8 Å². The Morgan fingerprint density at radius 2 is 2.10 bits per heavy atom. The summed E-state index contributed by atoms with van der Waals surface area (Å²) in [4.78, 5) is 14.0. The summed E-state index contributed by atoms with van der Waals surface area (Å²) in [6.45, 7) is 2.24. The van der Waals surface area contributed by atoms with Crippen molar-refractivity contribution in [3.63, 3.8) is 0 Å². The van der Waals surface area contributed by atoms with Crippen LogP contribution in [-0.2, 0) is 6.54 Å². The maximum Gasteiger partial charge on any atom is 0.259 e. The first kappa shape index (κ1) is 14.0. The summed E-state index contributed by atoms with van der Waals surface area (Å²) < 4.78 is 10.7. The van der Waals surface area contributed by atoms with Crippen LogP contribution in [-0.4, -0.2) is 25.0 Å². The number of carbonyl (C=O) groups excluding carboxylic acids is 1. The summed E-state index contributed by atoms with van der Waals surface area (Å²) in [5.41, 5.74) is 6.66. The molecule has 0 spiro atoms. The number of carbonyl (C=O) groups is 1. The van der Waals surface area contributed by atoms with Gasteiger partial charge in [-0.05, 0) is 31.2 Å². The molecule has 0 aliphatic heterocycles. The number of nitrogen functional groups attached to an aromatic ring is 1. The number of hydrogen-bond acceptors (Lipinski definition) is 4. The summed E-state index contributed by atoms with van der Waals surface area (Å²) in [6, 6.07) is 8.87. The van der Waals surface area contributed by atoms with Gasteiger partial charge >= 0.3 is 0 Å². The topological polar surface area (TPSA) is 68.7 Å². The molecule has 0 fully saturated rings. The first-order valence-corrected chi connectivity index (χ1v) is 6.26. The SMILES string of the molecule is COc1cccc(N)c1C(=O)N(C)Cc1ccc(C)o1. The minimum Gasteiger partial charge on any atom is -0.496 e. The molecule has 0 saturated heterocycles. The van der Waals surface area contributed by atoms with E-state index in [2.05, 4.69) is 0 Å². The maximum atomic E-state index is 12.5. The lowest BCUT2D eigenvalue weighted by atomic mass is 10.1. The van der Waals surface area contributed by atoms with Crippen molar-refractivity contribution >= 4 is 11.6 Å². The van der Waals surface area contributed by atoms with E-state index in [4.69, 9.17) is 14.9 Å². The molecule has 1 heterocycles. The zero-order valence-corrected chi connectivity index (χ0v) is 11.8. The highest BCUT2D eigenvalue weighted by molar-refractivity contribution is 6.01. The molecule has 0 bridgehead atoms. The monoisotopic (exact) mass is 274 g/mol. The number of anilines is 1. The molecule has 1 aromatic heterocycles. The van der Waals surface area contributed by atoms with Gasteiger partial charge in [0.1, 0.15) is 22.8 Å². The van der Waals surface area contributed by atoms with Gasteiger partial charge in [0.05, 0.1) is 13.7 Å². The van der Waals surface area contributed by atoms with Crippen LogP contribution >= 0.6 is 0 Å². The first-order chi connectivity index (χ1) is 9.52. The van der Waals surface area contributed by atoms with Gasteiger partial charge in [-0.1, -0.05) is 6.07 Å². The number of rotatable bonds is 4. The Labute approximate surface area is 117 Å². The Morgan fingerprint density at radius 3 is 2.70 bits per heavy atom. The number of nitrogens with zero attached hydrogens (tertiary/aromatic N) is 1. The highest BCUT2D eigenvalue weighted by Gasteiger charge is 2.20. The van der Waals surface area contributed by atoms with Gasteiger partial charge in [0.2, 0.25) is 0 Å². The van der Waals surface area contributed by atoms with Gasteiger partial charge in [-0.15, -0.1) is 0 Å². The van der Waals surface area contributed by atoms with Crippen LogP contribution in [0.15, 0.2) is 34.7 Å². The lowest BCUT2D eigenvalue weighted by Crippen LogP contribution is -2.27. The van der Waals surface area contributed by atoms with Crippen molar-refractivity contribution in [2.24, 2.45) is 0 Å². The van der Waals surface area contributed by atoms with E-state index in [9.17, 15) is 4.79 Å². The largest absolute Gasteiger partial charge is 0.496 e. The van der Waals surface area contributed by atoms with E-state index in [0.717, 1.165) is 11.5 Å². The van der Waals surface area contributed by atoms with Gasteiger partial charge in [-0.25, -0.2) is 0 Å². The summed E-state index contributed by atoms with van der Waals surface area (Å²) in [7, 11) is 3.22. The zero-order valence-electron chi connectivity index (χ0n) is 11.8. The van der Waals surface area contributed by atoms with Gasteiger partial charge in [-0.3, -0.25) is 4.79 Å². The number of furan rings is 1. The molecule has 20 heavy (non-hydrogen) atoms. The second-order valence-corrected chi connectivity index (χ2v) is 4.60.